The van der Waals surface area contributed by atoms with Gasteiger partial charge in [0.2, 0.25) is 5.91 Å². The lowest BCUT2D eigenvalue weighted by molar-refractivity contribution is -0.120. The molecule has 3 aromatic rings. The maximum Gasteiger partial charge on any atom is 0.234 e. The highest BCUT2D eigenvalue weighted by atomic mass is 16.1. The van der Waals surface area contributed by atoms with E-state index in [1.165, 1.54) is 22.3 Å². The molecule has 3 N–H and O–H groups in total. The Morgan fingerprint density at radius 1 is 0.929 bits per heavy atom. The molecule has 3 heteroatoms. The fraction of sp³-hybridized carbons (Fsp3) is 0.240. The van der Waals surface area contributed by atoms with Crippen LogP contribution in [0, 0.1) is 0 Å². The van der Waals surface area contributed by atoms with E-state index in [1.54, 1.807) is 0 Å². The van der Waals surface area contributed by atoms with Gasteiger partial charge in [0.1, 0.15) is 0 Å². The summed E-state index contributed by atoms with van der Waals surface area (Å²) in [5.41, 5.74) is 11.9. The Hall–Kier alpha value is -2.91. The monoisotopic (exact) mass is 370 g/mol. The largest absolute Gasteiger partial charge is 0.368 e. The van der Waals surface area contributed by atoms with Crippen molar-refractivity contribution in [2.45, 2.75) is 37.8 Å². The molecular formula is C25H26N2O. The maximum atomic E-state index is 12.1. The average Bonchev–Trinajstić information content (AvgIpc) is 2.74. The van der Waals surface area contributed by atoms with Crippen LogP contribution in [-0.4, -0.2) is 11.9 Å². The Kier molecular flexibility index (Phi) is 5.54. The van der Waals surface area contributed by atoms with Crippen LogP contribution in [-0.2, 0) is 17.6 Å². The molecule has 0 radical (unpaired) electrons. The lowest BCUT2D eigenvalue weighted by Crippen LogP contribution is -2.45. The van der Waals surface area contributed by atoms with Gasteiger partial charge in [-0.15, -0.1) is 0 Å². The Balaban J connectivity index is 1.48. The van der Waals surface area contributed by atoms with Crippen LogP contribution in [0.15, 0.2) is 78.9 Å². The molecule has 28 heavy (non-hydrogen) atoms. The number of rotatable bonds is 6. The van der Waals surface area contributed by atoms with Crippen molar-refractivity contribution in [1.82, 2.24) is 5.32 Å². The van der Waals surface area contributed by atoms with Crippen molar-refractivity contribution >= 4 is 5.91 Å². The molecule has 0 saturated carbocycles. The highest BCUT2D eigenvalue weighted by Crippen LogP contribution is 2.30. The van der Waals surface area contributed by atoms with Gasteiger partial charge in [-0.3, -0.25) is 10.1 Å². The fourth-order valence-corrected chi connectivity index (χ4v) is 4.11. The third kappa shape index (κ3) is 4.15. The van der Waals surface area contributed by atoms with Crippen molar-refractivity contribution in [3.63, 3.8) is 0 Å². The SMILES string of the molecule is NC(=O)C(Cc1ccc(-c2ccccc2)cc1)NC1CCCc2ccccc21. The standard InChI is InChI=1S/C25H26N2O/c26-25(28)24(27-23-12-6-10-21-9-4-5-11-22(21)23)17-18-13-15-20(16-14-18)19-7-2-1-3-8-19/h1-5,7-9,11,13-16,23-24,27H,6,10,12,17H2,(H2,26,28). The van der Waals surface area contributed by atoms with E-state index in [-0.39, 0.29) is 18.0 Å². The lowest BCUT2D eigenvalue weighted by Gasteiger charge is -2.29. The van der Waals surface area contributed by atoms with Gasteiger partial charge in [0.15, 0.2) is 0 Å². The molecule has 1 aliphatic carbocycles. The van der Waals surface area contributed by atoms with Crippen molar-refractivity contribution in [2.24, 2.45) is 5.73 Å². The summed E-state index contributed by atoms with van der Waals surface area (Å²) >= 11 is 0. The Morgan fingerprint density at radius 3 is 2.36 bits per heavy atom. The normalized spacial score (nSPS) is 16.9. The predicted molar refractivity (Wildman–Crippen MR) is 114 cm³/mol. The molecule has 1 aliphatic rings. The summed E-state index contributed by atoms with van der Waals surface area (Å²) in [6.07, 6.45) is 3.87. The Bertz CT molecular complexity index is 934. The average molecular weight is 370 g/mol. The van der Waals surface area contributed by atoms with Crippen molar-refractivity contribution in [3.8, 4) is 11.1 Å². The molecule has 4 rings (SSSR count). The molecular weight excluding hydrogens is 344 g/mol. The summed E-state index contributed by atoms with van der Waals surface area (Å²) in [7, 11) is 0. The maximum absolute atomic E-state index is 12.1. The number of fused-ring (bicyclic) bond motifs is 1. The van der Waals surface area contributed by atoms with E-state index in [4.69, 9.17) is 5.73 Å². The van der Waals surface area contributed by atoms with E-state index in [9.17, 15) is 4.79 Å². The molecule has 142 valence electrons. The second-order valence-electron chi connectivity index (χ2n) is 7.53. The van der Waals surface area contributed by atoms with E-state index in [1.807, 2.05) is 18.2 Å². The van der Waals surface area contributed by atoms with Crippen LogP contribution in [0.2, 0.25) is 0 Å². The second-order valence-corrected chi connectivity index (χ2v) is 7.53. The van der Waals surface area contributed by atoms with E-state index >= 15 is 0 Å². The number of primary amides is 1. The van der Waals surface area contributed by atoms with Crippen LogP contribution in [0.4, 0.5) is 0 Å². The number of hydrogen-bond donors (Lipinski definition) is 2. The highest BCUT2D eigenvalue weighted by molar-refractivity contribution is 5.80. The number of hydrogen-bond acceptors (Lipinski definition) is 2. The smallest absolute Gasteiger partial charge is 0.234 e. The Labute approximate surface area is 166 Å². The summed E-state index contributed by atoms with van der Waals surface area (Å²) in [4.78, 5) is 12.1. The summed E-state index contributed by atoms with van der Waals surface area (Å²) in [5, 5.41) is 3.53. The number of amides is 1. The van der Waals surface area contributed by atoms with Gasteiger partial charge in [-0.2, -0.15) is 0 Å². The van der Waals surface area contributed by atoms with Crippen molar-refractivity contribution in [2.75, 3.05) is 0 Å². The minimum Gasteiger partial charge on any atom is -0.368 e. The summed E-state index contributed by atoms with van der Waals surface area (Å²) < 4.78 is 0. The zero-order chi connectivity index (χ0) is 19.3. The van der Waals surface area contributed by atoms with Crippen molar-refractivity contribution < 1.29 is 4.79 Å². The third-order valence-electron chi connectivity index (χ3n) is 5.62. The highest BCUT2D eigenvalue weighted by Gasteiger charge is 2.25. The number of carbonyl (C=O) groups excluding carboxylic acids is 1. The van der Waals surface area contributed by atoms with Gasteiger partial charge in [0.05, 0.1) is 6.04 Å². The Morgan fingerprint density at radius 2 is 1.61 bits per heavy atom. The summed E-state index contributed by atoms with van der Waals surface area (Å²) in [5.74, 6) is -0.296. The van der Waals surface area contributed by atoms with E-state index in [2.05, 4.69) is 66.0 Å². The number of benzene rings is 3. The molecule has 0 aromatic heterocycles. The predicted octanol–water partition coefficient (Wildman–Crippen LogP) is 4.42. The van der Waals surface area contributed by atoms with Crippen molar-refractivity contribution in [1.29, 1.82) is 0 Å². The van der Waals surface area contributed by atoms with Crippen LogP contribution in [0.1, 0.15) is 35.6 Å². The van der Waals surface area contributed by atoms with Gasteiger partial charge >= 0.3 is 0 Å². The van der Waals surface area contributed by atoms with Crippen molar-refractivity contribution in [3.05, 3.63) is 95.6 Å². The number of aryl methyl sites for hydroxylation is 1. The molecule has 0 spiro atoms. The fourth-order valence-electron chi connectivity index (χ4n) is 4.11. The number of nitrogens with two attached hydrogens (primary N) is 1. The molecule has 2 atom stereocenters. The first-order valence-corrected chi connectivity index (χ1v) is 9.98. The third-order valence-corrected chi connectivity index (χ3v) is 5.62. The molecule has 0 heterocycles. The first kappa shape index (κ1) is 18.5. The quantitative estimate of drug-likeness (QED) is 0.675. The molecule has 3 nitrogen and oxygen atoms in total. The summed E-state index contributed by atoms with van der Waals surface area (Å²) in [6.45, 7) is 0. The number of carbonyl (C=O) groups is 1. The topological polar surface area (TPSA) is 55.1 Å². The first-order valence-electron chi connectivity index (χ1n) is 9.98. The molecule has 0 fully saturated rings. The minimum atomic E-state index is -0.376. The van der Waals surface area contributed by atoms with E-state index < -0.39 is 0 Å². The van der Waals surface area contributed by atoms with Gasteiger partial charge in [-0.05, 0) is 53.5 Å². The lowest BCUT2D eigenvalue weighted by atomic mass is 9.87. The van der Waals surface area contributed by atoms with Crippen LogP contribution >= 0.6 is 0 Å². The van der Waals surface area contributed by atoms with E-state index in [0.717, 1.165) is 24.8 Å². The zero-order valence-electron chi connectivity index (χ0n) is 16.0. The van der Waals surface area contributed by atoms with Crippen LogP contribution in [0.5, 0.6) is 0 Å². The second kappa shape index (κ2) is 8.41. The van der Waals surface area contributed by atoms with Gasteiger partial charge in [-0.25, -0.2) is 0 Å². The van der Waals surface area contributed by atoms with Gasteiger partial charge < -0.3 is 5.73 Å². The molecule has 3 aromatic carbocycles. The van der Waals surface area contributed by atoms with E-state index in [0.29, 0.717) is 6.42 Å². The first-order chi connectivity index (χ1) is 13.7. The van der Waals surface area contributed by atoms with Gasteiger partial charge in [0, 0.05) is 6.04 Å². The minimum absolute atomic E-state index is 0.186. The molecule has 0 aliphatic heterocycles. The molecule has 0 saturated heterocycles. The summed E-state index contributed by atoms with van der Waals surface area (Å²) in [6, 6.07) is 27.0. The number of nitrogens with one attached hydrogen (secondary N) is 1. The van der Waals surface area contributed by atoms with Crippen LogP contribution < -0.4 is 11.1 Å². The van der Waals surface area contributed by atoms with Crippen LogP contribution in [0.25, 0.3) is 11.1 Å². The van der Waals surface area contributed by atoms with Gasteiger partial charge in [0.25, 0.3) is 0 Å². The molecule has 1 amide bonds. The molecule has 2 unspecified atom stereocenters. The van der Waals surface area contributed by atoms with Gasteiger partial charge in [-0.1, -0.05) is 78.9 Å². The van der Waals surface area contributed by atoms with Crippen LogP contribution in [0.3, 0.4) is 0 Å². The molecule has 0 bridgehead atoms. The zero-order valence-corrected chi connectivity index (χ0v) is 16.0.